The molecule has 18 nitrogen and oxygen atoms in total. The van der Waals surface area contributed by atoms with Gasteiger partial charge in [-0.2, -0.15) is 0 Å². The van der Waals surface area contributed by atoms with Gasteiger partial charge in [0.1, 0.15) is 48.0 Å². The lowest BCUT2D eigenvalue weighted by Crippen LogP contribution is -2.44. The fourth-order valence-corrected chi connectivity index (χ4v) is 6.77. The van der Waals surface area contributed by atoms with Gasteiger partial charge in [0, 0.05) is 31.8 Å². The Morgan fingerprint density at radius 3 is 2.70 bits per heavy atom. The number of imidazole rings is 2. The lowest BCUT2D eigenvalue weighted by molar-refractivity contribution is -0.115. The van der Waals surface area contributed by atoms with E-state index in [4.69, 9.17) is 40.8 Å². The van der Waals surface area contributed by atoms with E-state index >= 15 is 0 Å². The topological polar surface area (TPSA) is 236 Å². The van der Waals surface area contributed by atoms with Crippen LogP contribution in [0, 0.1) is 0 Å². The van der Waals surface area contributed by atoms with Crippen molar-refractivity contribution in [2.24, 2.45) is 0 Å². The largest absolute Gasteiger partial charge is 0.394 e. The first kappa shape index (κ1) is 30.1. The number of nitrogens with two attached hydrogens (primary N) is 1. The molecule has 6 N–H and O–H groups in total. The summed E-state index contributed by atoms with van der Waals surface area (Å²) in [6.45, 7) is -3.68. The van der Waals surface area contributed by atoms with Crippen molar-refractivity contribution in [2.45, 2.75) is 55.5 Å². The number of aromatic nitrogens is 7. The van der Waals surface area contributed by atoms with Crippen molar-refractivity contribution in [1.29, 1.82) is 0 Å². The van der Waals surface area contributed by atoms with E-state index in [2.05, 4.69) is 19.9 Å². The van der Waals surface area contributed by atoms with Crippen LogP contribution in [0.3, 0.4) is 0 Å². The van der Waals surface area contributed by atoms with Crippen LogP contribution in [0.2, 0.25) is 0 Å². The van der Waals surface area contributed by atoms with Gasteiger partial charge in [-0.3, -0.25) is 22.9 Å². The van der Waals surface area contributed by atoms with Gasteiger partial charge in [-0.1, -0.05) is 0 Å². The molecule has 2 aliphatic rings. The minimum Gasteiger partial charge on any atom is -0.394 e. The second-order valence-electron chi connectivity index (χ2n) is 10.3. The predicted molar refractivity (Wildman–Crippen MR) is 149 cm³/mol. The molecule has 1 unspecified atom stereocenters. The van der Waals surface area contributed by atoms with E-state index in [9.17, 15) is 25.0 Å². The van der Waals surface area contributed by atoms with Crippen LogP contribution in [-0.2, 0) is 35.1 Å². The third-order valence-corrected chi connectivity index (χ3v) is 9.08. The number of rotatable bonds is 9. The summed E-state index contributed by atoms with van der Waals surface area (Å²) in [5.41, 5.74) is 4.75. The summed E-state index contributed by atoms with van der Waals surface area (Å²) >= 11 is 5.28. The molecule has 2 saturated heterocycles. The molecule has 4 aromatic heterocycles. The molecule has 0 aromatic carbocycles. The second-order valence-corrected chi connectivity index (χ2v) is 13.0. The molecule has 9 atom stereocenters. The summed E-state index contributed by atoms with van der Waals surface area (Å²) in [6.07, 6.45) is -1.26. The van der Waals surface area contributed by atoms with Gasteiger partial charge in [-0.15, -0.1) is 0 Å². The highest BCUT2D eigenvalue weighted by molar-refractivity contribution is 8.07. The Hall–Kier alpha value is -2.94. The molecule has 2 aliphatic heterocycles. The number of aliphatic hydroxyl groups excluding tert-OH is 3. The fraction of sp³-hybridized carbons (Fsp3) is 0.522. The average Bonchev–Trinajstić information content (AvgIpc) is 3.75. The number of fused-ring (bicyclic) bond motifs is 2. The molecular formula is C23H29N8O10PS. The van der Waals surface area contributed by atoms with Crippen LogP contribution in [0.25, 0.3) is 16.9 Å². The molecule has 0 bridgehead atoms. The standard InChI is InChI=1S/C23H29N8O10PS/c1-23(17(35)16(37-2)21(40-23)31-10-28-13-18(24)26-9-27-19(13)31)8-38-42(36,43)41-15-14(34)11(7-32)39-20(15)30-5-3-12(33)29-6-4-25-22(29)30/h3-6,9-11,14-17,20-21,32,34-35H,7-8H2,1-2H3,(H,36,43)(H2,24,26,27)/t11-,14-,15-,16-,17+,20-,21-,23-,42?/m1/s1. The van der Waals surface area contributed by atoms with Gasteiger partial charge in [0.15, 0.2) is 23.9 Å². The molecular weight excluding hydrogens is 611 g/mol. The maximum absolute atomic E-state index is 12.2. The zero-order valence-electron chi connectivity index (χ0n) is 22.7. The maximum Gasteiger partial charge on any atom is 0.325 e. The fourth-order valence-electron chi connectivity index (χ4n) is 5.30. The van der Waals surface area contributed by atoms with Gasteiger partial charge < -0.3 is 44.7 Å². The van der Waals surface area contributed by atoms with E-state index in [0.29, 0.717) is 11.2 Å². The van der Waals surface area contributed by atoms with Gasteiger partial charge in [0.05, 0.1) is 19.5 Å². The highest BCUT2D eigenvalue weighted by Crippen LogP contribution is 2.51. The number of aliphatic hydroxyl groups is 3. The second kappa shape index (κ2) is 11.2. The number of ether oxygens (including phenoxy) is 3. The maximum atomic E-state index is 12.2. The summed E-state index contributed by atoms with van der Waals surface area (Å²) in [6, 6.07) is 1.26. The molecule has 0 spiro atoms. The number of nitrogen functional groups attached to an aromatic ring is 1. The Kier molecular flexibility index (Phi) is 7.84. The lowest BCUT2D eigenvalue weighted by Gasteiger charge is -2.31. The van der Waals surface area contributed by atoms with E-state index in [1.54, 1.807) is 0 Å². The summed E-state index contributed by atoms with van der Waals surface area (Å²) in [5.74, 6) is 0.325. The first-order valence-electron chi connectivity index (χ1n) is 12.9. The zero-order valence-corrected chi connectivity index (χ0v) is 24.4. The molecule has 0 saturated carbocycles. The zero-order chi connectivity index (χ0) is 30.7. The third kappa shape index (κ3) is 5.15. The first-order valence-corrected chi connectivity index (χ1v) is 15.5. The van der Waals surface area contributed by atoms with Crippen molar-refractivity contribution in [3.05, 3.63) is 47.7 Å². The normalized spacial score (nSPS) is 32.6. The Balaban J connectivity index is 1.22. The highest BCUT2D eigenvalue weighted by Gasteiger charge is 2.55. The minimum atomic E-state index is -4.18. The highest BCUT2D eigenvalue weighted by atomic mass is 32.5. The minimum absolute atomic E-state index is 0.162. The van der Waals surface area contributed by atoms with E-state index in [-0.39, 0.29) is 17.2 Å². The van der Waals surface area contributed by atoms with Crippen LogP contribution in [0.5, 0.6) is 0 Å². The molecule has 0 radical (unpaired) electrons. The van der Waals surface area contributed by atoms with E-state index in [1.807, 2.05) is 0 Å². The van der Waals surface area contributed by atoms with Gasteiger partial charge in [-0.05, 0) is 18.7 Å². The SMILES string of the molecule is CO[C@H]1[C@H](n2cnc3c(N)ncnc32)O[C@](C)(COP(O)(=S)O[C@@H]2[C@H](O)[C@@H](CO)O[C@H]2n2ccc(=O)n3ccnc23)[C@H]1O. The molecule has 232 valence electrons. The summed E-state index contributed by atoms with van der Waals surface area (Å²) in [7, 11) is 1.39. The van der Waals surface area contributed by atoms with E-state index in [1.165, 1.54) is 64.9 Å². The van der Waals surface area contributed by atoms with Gasteiger partial charge >= 0.3 is 6.72 Å². The summed E-state index contributed by atoms with van der Waals surface area (Å²) in [4.78, 5) is 39.8. The Morgan fingerprint density at radius 1 is 1.16 bits per heavy atom. The average molecular weight is 641 g/mol. The molecule has 43 heavy (non-hydrogen) atoms. The molecule has 20 heteroatoms. The van der Waals surface area contributed by atoms with Crippen LogP contribution < -0.4 is 11.3 Å². The third-order valence-electron chi connectivity index (χ3n) is 7.54. The van der Waals surface area contributed by atoms with Crippen molar-refractivity contribution >= 4 is 41.3 Å². The van der Waals surface area contributed by atoms with Crippen LogP contribution in [-0.4, -0.2) is 110 Å². The Labute approximate surface area is 247 Å². The summed E-state index contributed by atoms with van der Waals surface area (Å²) < 4.78 is 33.1. The molecule has 0 aliphatic carbocycles. The number of hydrogen-bond acceptors (Lipinski definition) is 15. The number of methoxy groups -OCH3 is 1. The quantitative estimate of drug-likeness (QED) is 0.130. The monoisotopic (exact) mass is 640 g/mol. The molecule has 0 amide bonds. The number of hydrogen-bond donors (Lipinski definition) is 5. The molecule has 4 aromatic rings. The van der Waals surface area contributed by atoms with Crippen molar-refractivity contribution in [3.8, 4) is 0 Å². The van der Waals surface area contributed by atoms with Crippen LogP contribution >= 0.6 is 6.72 Å². The Bertz CT molecular complexity index is 1750. The Morgan fingerprint density at radius 2 is 1.95 bits per heavy atom. The van der Waals surface area contributed by atoms with Crippen molar-refractivity contribution in [3.63, 3.8) is 0 Å². The van der Waals surface area contributed by atoms with Crippen molar-refractivity contribution in [2.75, 3.05) is 26.1 Å². The number of nitrogens with zero attached hydrogens (tertiary/aromatic N) is 7. The van der Waals surface area contributed by atoms with Crippen LogP contribution in [0.4, 0.5) is 5.82 Å². The van der Waals surface area contributed by atoms with Gasteiger partial charge in [0.2, 0.25) is 5.78 Å². The molecule has 2 fully saturated rings. The van der Waals surface area contributed by atoms with Crippen LogP contribution in [0.1, 0.15) is 19.4 Å². The number of anilines is 1. The first-order chi connectivity index (χ1) is 20.5. The van der Waals surface area contributed by atoms with Crippen molar-refractivity contribution < 1.29 is 43.5 Å². The smallest absolute Gasteiger partial charge is 0.325 e. The summed E-state index contributed by atoms with van der Waals surface area (Å²) in [5, 5.41) is 31.9. The molecule has 6 heterocycles. The van der Waals surface area contributed by atoms with Gasteiger partial charge in [-0.25, -0.2) is 19.9 Å². The van der Waals surface area contributed by atoms with Gasteiger partial charge in [0.25, 0.3) is 5.56 Å². The van der Waals surface area contributed by atoms with Crippen LogP contribution in [0.15, 0.2) is 42.1 Å². The van der Waals surface area contributed by atoms with E-state index in [0.717, 1.165) is 0 Å². The predicted octanol–water partition coefficient (Wildman–Crippen LogP) is -1.55. The lowest BCUT2D eigenvalue weighted by atomic mass is 9.98. The van der Waals surface area contributed by atoms with E-state index < -0.39 is 68.5 Å². The molecule has 6 rings (SSSR count). The van der Waals surface area contributed by atoms with Crippen molar-refractivity contribution in [1.82, 2.24) is 33.5 Å².